The summed E-state index contributed by atoms with van der Waals surface area (Å²) in [4.78, 5) is 14.8. The third-order valence-electron chi connectivity index (χ3n) is 4.87. The Morgan fingerprint density at radius 1 is 1.28 bits per heavy atom. The SMILES string of the molecule is Cc1noc(C)c1CC(=O)N1Cc2ccccc2C(n2cccn2)C1. The van der Waals surface area contributed by atoms with Crippen molar-refractivity contribution < 1.29 is 9.32 Å². The maximum Gasteiger partial charge on any atom is 0.227 e. The summed E-state index contributed by atoms with van der Waals surface area (Å²) < 4.78 is 7.11. The van der Waals surface area contributed by atoms with Crippen molar-refractivity contribution >= 4 is 5.91 Å². The zero-order valence-corrected chi connectivity index (χ0v) is 14.3. The van der Waals surface area contributed by atoms with Crippen LogP contribution in [0.3, 0.4) is 0 Å². The first-order valence-corrected chi connectivity index (χ1v) is 8.40. The number of nitrogens with zero attached hydrogens (tertiary/aromatic N) is 4. The number of aromatic nitrogens is 3. The quantitative estimate of drug-likeness (QED) is 0.738. The van der Waals surface area contributed by atoms with E-state index in [1.165, 1.54) is 11.1 Å². The van der Waals surface area contributed by atoms with Gasteiger partial charge in [0.15, 0.2) is 0 Å². The molecular formula is C19H20N4O2. The van der Waals surface area contributed by atoms with Crippen LogP contribution in [-0.2, 0) is 17.8 Å². The Bertz CT molecular complexity index is 879. The van der Waals surface area contributed by atoms with Crippen LogP contribution in [0.25, 0.3) is 0 Å². The fourth-order valence-corrected chi connectivity index (χ4v) is 3.48. The monoisotopic (exact) mass is 336 g/mol. The molecule has 0 saturated heterocycles. The average Bonchev–Trinajstić information content (AvgIpc) is 3.26. The van der Waals surface area contributed by atoms with Crippen LogP contribution in [0, 0.1) is 13.8 Å². The second kappa shape index (κ2) is 6.20. The number of aryl methyl sites for hydroxylation is 2. The molecule has 1 aromatic carbocycles. The Morgan fingerprint density at radius 3 is 2.84 bits per heavy atom. The van der Waals surface area contributed by atoms with E-state index in [2.05, 4.69) is 22.4 Å². The maximum absolute atomic E-state index is 12.9. The van der Waals surface area contributed by atoms with Gasteiger partial charge in [0, 0.05) is 31.0 Å². The number of rotatable bonds is 3. The normalized spacial score (nSPS) is 16.7. The predicted octanol–water partition coefficient (Wildman–Crippen LogP) is 2.66. The third-order valence-corrected chi connectivity index (χ3v) is 4.87. The molecule has 0 aliphatic carbocycles. The van der Waals surface area contributed by atoms with Crippen LogP contribution < -0.4 is 0 Å². The maximum atomic E-state index is 12.9. The Kier molecular flexibility index (Phi) is 3.87. The van der Waals surface area contributed by atoms with Crippen LogP contribution in [0.4, 0.5) is 0 Å². The molecule has 1 unspecified atom stereocenters. The zero-order valence-electron chi connectivity index (χ0n) is 14.3. The van der Waals surface area contributed by atoms with E-state index in [0.717, 1.165) is 11.3 Å². The molecule has 0 spiro atoms. The molecule has 3 heterocycles. The van der Waals surface area contributed by atoms with Gasteiger partial charge in [0.25, 0.3) is 0 Å². The number of amides is 1. The van der Waals surface area contributed by atoms with Gasteiger partial charge in [-0.15, -0.1) is 0 Å². The Labute approximate surface area is 146 Å². The van der Waals surface area contributed by atoms with E-state index in [1.807, 2.05) is 47.8 Å². The molecule has 1 atom stereocenters. The van der Waals surface area contributed by atoms with Crippen molar-refractivity contribution in [1.29, 1.82) is 0 Å². The fraction of sp³-hybridized carbons (Fsp3) is 0.316. The van der Waals surface area contributed by atoms with Crippen LogP contribution in [0.15, 0.2) is 47.2 Å². The first-order chi connectivity index (χ1) is 12.1. The standard InChI is InChI=1S/C19H20N4O2/c1-13-17(14(2)25-21-13)10-19(24)22-11-15-6-3-4-7-16(15)18(12-22)23-9-5-8-20-23/h3-9,18H,10-12H2,1-2H3. The van der Waals surface area contributed by atoms with Crippen LogP contribution in [0.5, 0.6) is 0 Å². The predicted molar refractivity (Wildman–Crippen MR) is 91.9 cm³/mol. The molecule has 1 aliphatic rings. The highest BCUT2D eigenvalue weighted by atomic mass is 16.5. The first-order valence-electron chi connectivity index (χ1n) is 8.40. The molecule has 4 rings (SSSR count). The van der Waals surface area contributed by atoms with E-state index >= 15 is 0 Å². The van der Waals surface area contributed by atoms with Crippen molar-refractivity contribution in [3.05, 3.63) is 70.9 Å². The van der Waals surface area contributed by atoms with Crippen molar-refractivity contribution in [2.24, 2.45) is 0 Å². The number of carbonyl (C=O) groups is 1. The van der Waals surface area contributed by atoms with Crippen molar-refractivity contribution in [3.63, 3.8) is 0 Å². The van der Waals surface area contributed by atoms with Crippen molar-refractivity contribution in [2.75, 3.05) is 6.54 Å². The third kappa shape index (κ3) is 2.84. The van der Waals surface area contributed by atoms with Gasteiger partial charge < -0.3 is 9.42 Å². The second-order valence-corrected chi connectivity index (χ2v) is 6.45. The van der Waals surface area contributed by atoms with Crippen LogP contribution >= 0.6 is 0 Å². The van der Waals surface area contributed by atoms with Gasteiger partial charge >= 0.3 is 0 Å². The summed E-state index contributed by atoms with van der Waals surface area (Å²) in [5, 5.41) is 8.34. The van der Waals surface area contributed by atoms with E-state index in [-0.39, 0.29) is 11.9 Å². The highest BCUT2D eigenvalue weighted by Gasteiger charge is 2.30. The molecule has 1 aliphatic heterocycles. The summed E-state index contributed by atoms with van der Waals surface area (Å²) in [5.41, 5.74) is 4.07. The molecule has 0 N–H and O–H groups in total. The van der Waals surface area contributed by atoms with Crippen LogP contribution in [-0.4, -0.2) is 32.3 Å². The summed E-state index contributed by atoms with van der Waals surface area (Å²) in [5.74, 6) is 0.799. The molecule has 0 fully saturated rings. The molecule has 2 aromatic heterocycles. The number of carbonyl (C=O) groups excluding carboxylic acids is 1. The van der Waals surface area contributed by atoms with E-state index in [9.17, 15) is 4.79 Å². The zero-order chi connectivity index (χ0) is 17.4. The molecular weight excluding hydrogens is 316 g/mol. The minimum Gasteiger partial charge on any atom is -0.361 e. The largest absolute Gasteiger partial charge is 0.361 e. The number of benzene rings is 1. The first kappa shape index (κ1) is 15.6. The molecule has 128 valence electrons. The highest BCUT2D eigenvalue weighted by Crippen LogP contribution is 2.29. The molecule has 1 amide bonds. The van der Waals surface area contributed by atoms with E-state index in [4.69, 9.17) is 4.52 Å². The van der Waals surface area contributed by atoms with E-state index in [1.54, 1.807) is 6.20 Å². The Hall–Kier alpha value is -2.89. The Morgan fingerprint density at radius 2 is 2.12 bits per heavy atom. The van der Waals surface area contributed by atoms with Gasteiger partial charge in [-0.2, -0.15) is 5.10 Å². The average molecular weight is 336 g/mol. The molecule has 0 bridgehead atoms. The lowest BCUT2D eigenvalue weighted by Gasteiger charge is -2.35. The molecule has 6 heteroatoms. The fourth-order valence-electron chi connectivity index (χ4n) is 3.48. The van der Waals surface area contributed by atoms with Gasteiger partial charge in [-0.3, -0.25) is 9.48 Å². The van der Waals surface area contributed by atoms with E-state index < -0.39 is 0 Å². The van der Waals surface area contributed by atoms with Gasteiger partial charge in [0.2, 0.25) is 5.91 Å². The molecule has 25 heavy (non-hydrogen) atoms. The Balaban J connectivity index is 1.62. The molecule has 3 aromatic rings. The highest BCUT2D eigenvalue weighted by molar-refractivity contribution is 5.79. The van der Waals surface area contributed by atoms with Gasteiger partial charge in [-0.1, -0.05) is 29.4 Å². The van der Waals surface area contributed by atoms with Gasteiger partial charge in [-0.25, -0.2) is 0 Å². The van der Waals surface area contributed by atoms with Crippen LogP contribution in [0.1, 0.15) is 34.2 Å². The summed E-state index contributed by atoms with van der Waals surface area (Å²) >= 11 is 0. The van der Waals surface area contributed by atoms with Crippen LogP contribution in [0.2, 0.25) is 0 Å². The minimum absolute atomic E-state index is 0.0357. The van der Waals surface area contributed by atoms with Gasteiger partial charge in [-0.05, 0) is 31.0 Å². The van der Waals surface area contributed by atoms with Crippen molar-refractivity contribution in [1.82, 2.24) is 19.8 Å². The summed E-state index contributed by atoms with van der Waals surface area (Å²) in [6.45, 7) is 4.95. The summed E-state index contributed by atoms with van der Waals surface area (Å²) in [7, 11) is 0. The molecule has 6 nitrogen and oxygen atoms in total. The number of hydrogen-bond donors (Lipinski definition) is 0. The minimum atomic E-state index is 0.0357. The lowest BCUT2D eigenvalue weighted by molar-refractivity contribution is -0.132. The lowest BCUT2D eigenvalue weighted by atomic mass is 9.95. The second-order valence-electron chi connectivity index (χ2n) is 6.45. The van der Waals surface area contributed by atoms with Gasteiger partial charge in [0.05, 0.1) is 18.2 Å². The number of fused-ring (bicyclic) bond motifs is 1. The van der Waals surface area contributed by atoms with Crippen molar-refractivity contribution in [2.45, 2.75) is 32.9 Å². The smallest absolute Gasteiger partial charge is 0.227 e. The summed E-state index contributed by atoms with van der Waals surface area (Å²) in [6.07, 6.45) is 4.03. The van der Waals surface area contributed by atoms with E-state index in [0.29, 0.717) is 25.3 Å². The topological polar surface area (TPSA) is 64.2 Å². The molecule has 0 saturated carbocycles. The lowest BCUT2D eigenvalue weighted by Crippen LogP contribution is -2.41. The molecule has 0 radical (unpaired) electrons. The summed E-state index contributed by atoms with van der Waals surface area (Å²) in [6, 6.07) is 10.2. The van der Waals surface area contributed by atoms with Crippen molar-refractivity contribution in [3.8, 4) is 0 Å². The van der Waals surface area contributed by atoms with Gasteiger partial charge in [0.1, 0.15) is 5.76 Å². The number of hydrogen-bond acceptors (Lipinski definition) is 4.